The Morgan fingerprint density at radius 3 is 2.96 bits per heavy atom. The number of hydrogen-bond donors (Lipinski definition) is 3. The first-order valence-electron chi connectivity index (χ1n) is 7.17. The van der Waals surface area contributed by atoms with E-state index < -0.39 is 29.2 Å². The van der Waals surface area contributed by atoms with Gasteiger partial charge in [-0.2, -0.15) is 4.98 Å². The number of nitrogens with one attached hydrogen (secondary N) is 1. The van der Waals surface area contributed by atoms with Gasteiger partial charge in [-0.15, -0.1) is 23.1 Å². The van der Waals surface area contributed by atoms with Crippen molar-refractivity contribution < 1.29 is 24.3 Å². The van der Waals surface area contributed by atoms with Gasteiger partial charge in [0.05, 0.1) is 5.38 Å². The number of amides is 2. The van der Waals surface area contributed by atoms with Crippen LogP contribution in [0.5, 0.6) is 5.88 Å². The maximum absolute atomic E-state index is 12.3. The Hall–Kier alpha value is -2.86. The molecule has 0 spiro atoms. The highest BCUT2D eigenvalue weighted by Gasteiger charge is 2.53. The first-order valence-corrected chi connectivity index (χ1v) is 9.10. The predicted octanol–water partition coefficient (Wildman–Crippen LogP) is 0.0145. The number of nitrogens with two attached hydrogens (primary N) is 1. The molecule has 0 aliphatic carbocycles. The van der Waals surface area contributed by atoms with Gasteiger partial charge in [-0.1, -0.05) is 17.8 Å². The molecule has 0 saturated carbocycles. The molecular weight excluding hydrogens is 382 g/mol. The average molecular weight is 395 g/mol. The molecule has 1 saturated heterocycles. The maximum Gasteiger partial charge on any atom is 0.352 e. The summed E-state index contributed by atoms with van der Waals surface area (Å²) in [5.74, 6) is -1.83. The second-order valence-electron chi connectivity index (χ2n) is 5.13. The Balaban J connectivity index is 1.61. The molecule has 3 rings (SSSR count). The SMILES string of the molecule is C=CC1=C(C(=O)O)N2C(=O)[C@@H](NC(=O)C=NOc3csc(N)n3)[C@H]2SC1. The molecule has 0 unspecified atom stereocenters. The van der Waals surface area contributed by atoms with Gasteiger partial charge >= 0.3 is 5.97 Å². The van der Waals surface area contributed by atoms with Crippen LogP contribution in [0.2, 0.25) is 0 Å². The third-order valence-electron chi connectivity index (χ3n) is 3.56. The molecule has 4 N–H and O–H groups in total. The van der Waals surface area contributed by atoms with Crippen molar-refractivity contribution in [1.82, 2.24) is 15.2 Å². The van der Waals surface area contributed by atoms with Gasteiger partial charge in [0, 0.05) is 5.75 Å². The van der Waals surface area contributed by atoms with Crippen molar-refractivity contribution >= 4 is 52.2 Å². The quantitative estimate of drug-likeness (QED) is 0.347. The molecule has 12 heteroatoms. The van der Waals surface area contributed by atoms with E-state index in [2.05, 4.69) is 22.0 Å². The van der Waals surface area contributed by atoms with Crippen molar-refractivity contribution in [3.05, 3.63) is 29.3 Å². The number of allylic oxidation sites excluding steroid dienone is 1. The normalized spacial score (nSPS) is 22.0. The van der Waals surface area contributed by atoms with E-state index in [4.69, 9.17) is 10.6 Å². The Labute approximate surface area is 155 Å². The van der Waals surface area contributed by atoms with Gasteiger partial charge in [0.15, 0.2) is 5.13 Å². The number of β-lactam (4-membered cyclic amide) rings is 1. The molecule has 3 heterocycles. The lowest BCUT2D eigenvalue weighted by atomic mass is 10.0. The number of carbonyl (C=O) groups is 3. The van der Waals surface area contributed by atoms with Gasteiger partial charge in [-0.3, -0.25) is 14.5 Å². The molecule has 0 aromatic carbocycles. The highest BCUT2D eigenvalue weighted by Crippen LogP contribution is 2.40. The van der Waals surface area contributed by atoms with Crippen molar-refractivity contribution in [3.63, 3.8) is 0 Å². The number of anilines is 1. The Morgan fingerprint density at radius 2 is 2.35 bits per heavy atom. The summed E-state index contributed by atoms with van der Waals surface area (Å²) in [5, 5.41) is 16.6. The number of oxime groups is 1. The fraction of sp³-hybridized carbons (Fsp3) is 0.214. The van der Waals surface area contributed by atoms with Crippen molar-refractivity contribution in [1.29, 1.82) is 0 Å². The third-order valence-corrected chi connectivity index (χ3v) is 5.52. The molecule has 10 nitrogen and oxygen atoms in total. The van der Waals surface area contributed by atoms with Crippen molar-refractivity contribution in [3.8, 4) is 5.88 Å². The van der Waals surface area contributed by atoms with Crippen LogP contribution >= 0.6 is 23.1 Å². The summed E-state index contributed by atoms with van der Waals surface area (Å²) in [7, 11) is 0. The predicted molar refractivity (Wildman–Crippen MR) is 95.5 cm³/mol. The van der Waals surface area contributed by atoms with E-state index >= 15 is 0 Å². The van der Waals surface area contributed by atoms with E-state index in [0.717, 1.165) is 22.5 Å². The van der Waals surface area contributed by atoms with Crippen LogP contribution in [-0.2, 0) is 14.4 Å². The van der Waals surface area contributed by atoms with Crippen molar-refractivity contribution in [2.75, 3.05) is 11.5 Å². The highest BCUT2D eigenvalue weighted by atomic mass is 32.2. The number of rotatable bonds is 6. The summed E-state index contributed by atoms with van der Waals surface area (Å²) < 4.78 is 0. The molecule has 2 amide bonds. The van der Waals surface area contributed by atoms with Crippen LogP contribution in [0.3, 0.4) is 0 Å². The number of thioether (sulfide) groups is 1. The van der Waals surface area contributed by atoms with Crippen LogP contribution in [0.25, 0.3) is 0 Å². The van der Waals surface area contributed by atoms with E-state index in [0.29, 0.717) is 16.5 Å². The molecule has 0 radical (unpaired) electrons. The van der Waals surface area contributed by atoms with Gasteiger partial charge in [0.1, 0.15) is 23.3 Å². The zero-order chi connectivity index (χ0) is 18.8. The van der Waals surface area contributed by atoms with E-state index in [1.165, 1.54) is 23.2 Å². The van der Waals surface area contributed by atoms with E-state index in [-0.39, 0.29) is 11.6 Å². The molecule has 26 heavy (non-hydrogen) atoms. The van der Waals surface area contributed by atoms with Crippen LogP contribution in [0, 0.1) is 0 Å². The smallest absolute Gasteiger partial charge is 0.352 e. The summed E-state index contributed by atoms with van der Waals surface area (Å²) in [5.41, 5.74) is 5.80. The van der Waals surface area contributed by atoms with Crippen LogP contribution in [-0.4, -0.2) is 56.2 Å². The Bertz CT molecular complexity index is 849. The second kappa shape index (κ2) is 7.17. The number of aliphatic carboxylic acids is 1. The Morgan fingerprint density at radius 1 is 1.58 bits per heavy atom. The number of carboxylic acids is 1. The summed E-state index contributed by atoms with van der Waals surface area (Å²) in [6.07, 6.45) is 2.28. The minimum Gasteiger partial charge on any atom is -0.477 e. The summed E-state index contributed by atoms with van der Waals surface area (Å²) >= 11 is 2.50. The van der Waals surface area contributed by atoms with Gasteiger partial charge in [-0.25, -0.2) is 4.79 Å². The average Bonchev–Trinajstić information content (AvgIpc) is 3.03. The molecule has 2 aliphatic rings. The van der Waals surface area contributed by atoms with Crippen LogP contribution < -0.4 is 15.9 Å². The fourth-order valence-corrected chi connectivity index (χ4v) is 4.23. The topological polar surface area (TPSA) is 147 Å². The van der Waals surface area contributed by atoms with Gasteiger partial charge in [0.2, 0.25) is 0 Å². The molecule has 1 aromatic rings. The van der Waals surface area contributed by atoms with Gasteiger partial charge in [0.25, 0.3) is 17.7 Å². The number of aromatic nitrogens is 1. The molecule has 0 bridgehead atoms. The molecule has 2 aliphatic heterocycles. The zero-order valence-corrected chi connectivity index (χ0v) is 14.7. The minimum atomic E-state index is -1.21. The first-order chi connectivity index (χ1) is 12.4. The molecule has 1 aromatic heterocycles. The highest BCUT2D eigenvalue weighted by molar-refractivity contribution is 8.00. The van der Waals surface area contributed by atoms with Crippen LogP contribution in [0.1, 0.15) is 0 Å². The lowest BCUT2D eigenvalue weighted by Gasteiger charge is -2.49. The molecular formula is C14H13N5O5S2. The van der Waals surface area contributed by atoms with Gasteiger partial charge < -0.3 is 21.0 Å². The molecule has 2 atom stereocenters. The van der Waals surface area contributed by atoms with E-state index in [1.807, 2.05) is 0 Å². The maximum atomic E-state index is 12.3. The molecule has 136 valence electrons. The lowest BCUT2D eigenvalue weighted by molar-refractivity contribution is -0.150. The minimum absolute atomic E-state index is 0.0997. The number of carboxylic acid groups (broad SMARTS) is 1. The summed E-state index contributed by atoms with van der Waals surface area (Å²) in [4.78, 5) is 45.4. The Kier molecular flexibility index (Phi) is 4.95. The molecule has 1 fully saturated rings. The van der Waals surface area contributed by atoms with E-state index in [1.54, 1.807) is 0 Å². The largest absolute Gasteiger partial charge is 0.477 e. The number of nitrogen functional groups attached to an aromatic ring is 1. The standard InChI is InChI=1S/C14H13N5O5S2/c1-2-6-4-25-12-9(11(21)19(12)10(6)13(22)23)17-7(20)3-16-24-8-5-26-14(15)18-8/h2-3,5,9,12H,1,4H2,(H2,15,18)(H,17,20)(H,22,23)/t9-,12-/m1/s1. The van der Waals surface area contributed by atoms with Crippen LogP contribution in [0.15, 0.2) is 34.5 Å². The third kappa shape index (κ3) is 3.28. The van der Waals surface area contributed by atoms with Gasteiger partial charge in [-0.05, 0) is 5.57 Å². The number of hydrogen-bond acceptors (Lipinski definition) is 9. The van der Waals surface area contributed by atoms with Crippen molar-refractivity contribution in [2.24, 2.45) is 5.16 Å². The summed E-state index contributed by atoms with van der Waals surface area (Å²) in [6.45, 7) is 3.57. The number of thiazole rings is 1. The number of fused-ring (bicyclic) bond motifs is 1. The van der Waals surface area contributed by atoms with Crippen molar-refractivity contribution in [2.45, 2.75) is 11.4 Å². The van der Waals surface area contributed by atoms with Crippen LogP contribution in [0.4, 0.5) is 5.13 Å². The first kappa shape index (κ1) is 17.9. The fourth-order valence-electron chi connectivity index (χ4n) is 2.43. The zero-order valence-electron chi connectivity index (χ0n) is 13.1. The number of nitrogens with zero attached hydrogens (tertiary/aromatic N) is 3. The number of carbonyl (C=O) groups excluding carboxylic acids is 2. The van der Waals surface area contributed by atoms with E-state index in [9.17, 15) is 19.5 Å². The summed E-state index contributed by atoms with van der Waals surface area (Å²) in [6, 6.07) is -0.838. The lowest BCUT2D eigenvalue weighted by Crippen LogP contribution is -2.70. The second-order valence-corrected chi connectivity index (χ2v) is 7.12. The monoisotopic (exact) mass is 395 g/mol.